The Kier molecular flexibility index (Phi) is 12.3. The van der Waals surface area contributed by atoms with Gasteiger partial charge in [-0.3, -0.25) is 4.90 Å². The molecule has 2 nitrogen and oxygen atoms in total. The second kappa shape index (κ2) is 13.6. The number of nitrogens with zero attached hydrogens (tertiary/aromatic N) is 1. The molecule has 2 heteroatoms. The first-order valence-corrected chi connectivity index (χ1v) is 9.70. The number of ether oxygens (including phenoxy) is 1. The van der Waals surface area contributed by atoms with E-state index >= 15 is 0 Å². The zero-order valence-electron chi connectivity index (χ0n) is 14.7. The van der Waals surface area contributed by atoms with Crippen LogP contribution in [0.5, 0.6) is 0 Å². The maximum Gasteiger partial charge on any atom is 0.0594 e. The summed E-state index contributed by atoms with van der Waals surface area (Å²) in [6, 6.07) is 0.830. The van der Waals surface area contributed by atoms with Gasteiger partial charge in [0.25, 0.3) is 0 Å². The van der Waals surface area contributed by atoms with Crippen molar-refractivity contribution in [1.29, 1.82) is 0 Å². The van der Waals surface area contributed by atoms with E-state index in [1.165, 1.54) is 77.0 Å². The summed E-state index contributed by atoms with van der Waals surface area (Å²) in [5.41, 5.74) is 0. The van der Waals surface area contributed by atoms with Crippen LogP contribution in [0.4, 0.5) is 0 Å². The minimum atomic E-state index is 0.830. The van der Waals surface area contributed by atoms with Gasteiger partial charge in [0.2, 0.25) is 0 Å². The van der Waals surface area contributed by atoms with Gasteiger partial charge in [0.15, 0.2) is 0 Å². The minimum absolute atomic E-state index is 0.830. The highest BCUT2D eigenvalue weighted by Crippen LogP contribution is 2.19. The van der Waals surface area contributed by atoms with Crippen LogP contribution in [0.3, 0.4) is 0 Å². The van der Waals surface area contributed by atoms with Crippen molar-refractivity contribution in [3.05, 3.63) is 0 Å². The molecule has 21 heavy (non-hydrogen) atoms. The van der Waals surface area contributed by atoms with Crippen LogP contribution in [0.25, 0.3) is 0 Å². The van der Waals surface area contributed by atoms with Crippen LogP contribution in [0.2, 0.25) is 0 Å². The number of hydrogen-bond donors (Lipinski definition) is 0. The van der Waals surface area contributed by atoms with Gasteiger partial charge in [0.05, 0.1) is 13.2 Å². The van der Waals surface area contributed by atoms with Gasteiger partial charge in [-0.15, -0.1) is 0 Å². The van der Waals surface area contributed by atoms with Crippen LogP contribution in [0.15, 0.2) is 0 Å². The van der Waals surface area contributed by atoms with Gasteiger partial charge in [-0.05, 0) is 12.8 Å². The molecular formula is C19H39NO. The molecule has 0 aliphatic carbocycles. The van der Waals surface area contributed by atoms with Crippen molar-refractivity contribution in [2.45, 2.75) is 96.9 Å². The SMILES string of the molecule is CCCCCCCCC(CCCCCC)N1CCOCC1. The zero-order chi connectivity index (χ0) is 15.2. The van der Waals surface area contributed by atoms with E-state index in [0.717, 1.165) is 32.3 Å². The lowest BCUT2D eigenvalue weighted by Crippen LogP contribution is -2.43. The van der Waals surface area contributed by atoms with E-state index in [0.29, 0.717) is 0 Å². The maximum absolute atomic E-state index is 5.52. The Labute approximate surface area is 133 Å². The van der Waals surface area contributed by atoms with Crippen molar-refractivity contribution in [2.75, 3.05) is 26.3 Å². The first-order valence-electron chi connectivity index (χ1n) is 9.70. The van der Waals surface area contributed by atoms with Crippen molar-refractivity contribution >= 4 is 0 Å². The van der Waals surface area contributed by atoms with Crippen LogP contribution < -0.4 is 0 Å². The summed E-state index contributed by atoms with van der Waals surface area (Å²) < 4.78 is 5.52. The standard InChI is InChI=1S/C19H39NO/c1-3-5-7-9-10-12-14-19(13-11-8-6-4-2)20-15-17-21-18-16-20/h19H,3-18H2,1-2H3. The first-order chi connectivity index (χ1) is 10.4. The summed E-state index contributed by atoms with van der Waals surface area (Å²) in [5.74, 6) is 0. The molecular weight excluding hydrogens is 258 g/mol. The molecule has 0 amide bonds. The lowest BCUT2D eigenvalue weighted by atomic mass is 9.99. The molecule has 1 heterocycles. The minimum Gasteiger partial charge on any atom is -0.379 e. The van der Waals surface area contributed by atoms with E-state index in [4.69, 9.17) is 4.74 Å². The summed E-state index contributed by atoms with van der Waals surface area (Å²) in [6.45, 7) is 8.81. The number of unbranched alkanes of at least 4 members (excludes halogenated alkanes) is 8. The fraction of sp³-hybridized carbons (Fsp3) is 1.00. The van der Waals surface area contributed by atoms with Gasteiger partial charge in [-0.2, -0.15) is 0 Å². The van der Waals surface area contributed by atoms with Crippen molar-refractivity contribution in [3.63, 3.8) is 0 Å². The second-order valence-corrected chi connectivity index (χ2v) is 6.71. The van der Waals surface area contributed by atoms with Gasteiger partial charge in [0.1, 0.15) is 0 Å². The van der Waals surface area contributed by atoms with Crippen LogP contribution in [-0.4, -0.2) is 37.2 Å². The first kappa shape index (κ1) is 19.0. The molecule has 0 aromatic carbocycles. The normalized spacial score (nSPS) is 18.0. The van der Waals surface area contributed by atoms with Gasteiger partial charge >= 0.3 is 0 Å². The van der Waals surface area contributed by atoms with E-state index in [9.17, 15) is 0 Å². The molecule has 0 radical (unpaired) electrons. The molecule has 1 aliphatic rings. The summed E-state index contributed by atoms with van der Waals surface area (Å²) in [4.78, 5) is 2.71. The smallest absolute Gasteiger partial charge is 0.0594 e. The van der Waals surface area contributed by atoms with Crippen LogP contribution in [0, 0.1) is 0 Å². The molecule has 0 saturated carbocycles. The fourth-order valence-corrected chi connectivity index (χ4v) is 3.42. The number of morpholine rings is 1. The predicted molar refractivity (Wildman–Crippen MR) is 92.9 cm³/mol. The van der Waals surface area contributed by atoms with E-state index in [2.05, 4.69) is 18.7 Å². The lowest BCUT2D eigenvalue weighted by molar-refractivity contribution is 0.0118. The Balaban J connectivity index is 2.19. The molecule has 1 rings (SSSR count). The Bertz CT molecular complexity index is 214. The molecule has 0 bridgehead atoms. The molecule has 1 unspecified atom stereocenters. The summed E-state index contributed by atoms with van der Waals surface area (Å²) in [7, 11) is 0. The molecule has 0 aromatic rings. The van der Waals surface area contributed by atoms with Gasteiger partial charge in [0, 0.05) is 19.1 Å². The predicted octanol–water partition coefficient (Wildman–Crippen LogP) is 5.41. The Morgan fingerprint density at radius 3 is 1.76 bits per heavy atom. The van der Waals surface area contributed by atoms with Crippen molar-refractivity contribution in [1.82, 2.24) is 4.90 Å². The van der Waals surface area contributed by atoms with Crippen molar-refractivity contribution < 1.29 is 4.74 Å². The fourth-order valence-electron chi connectivity index (χ4n) is 3.42. The van der Waals surface area contributed by atoms with E-state index < -0.39 is 0 Å². The van der Waals surface area contributed by atoms with Crippen molar-refractivity contribution in [2.24, 2.45) is 0 Å². The Morgan fingerprint density at radius 1 is 0.714 bits per heavy atom. The molecule has 1 aliphatic heterocycles. The Morgan fingerprint density at radius 2 is 1.19 bits per heavy atom. The average molecular weight is 298 g/mol. The third kappa shape index (κ3) is 9.52. The molecule has 0 aromatic heterocycles. The van der Waals surface area contributed by atoms with E-state index in [1.54, 1.807) is 0 Å². The monoisotopic (exact) mass is 297 g/mol. The second-order valence-electron chi connectivity index (χ2n) is 6.71. The molecule has 0 N–H and O–H groups in total. The van der Waals surface area contributed by atoms with Crippen LogP contribution in [0.1, 0.15) is 90.9 Å². The van der Waals surface area contributed by atoms with Gasteiger partial charge < -0.3 is 4.74 Å². The Hall–Kier alpha value is -0.0800. The third-order valence-corrected chi connectivity index (χ3v) is 4.84. The molecule has 0 spiro atoms. The van der Waals surface area contributed by atoms with Gasteiger partial charge in [-0.1, -0.05) is 78.1 Å². The largest absolute Gasteiger partial charge is 0.379 e. The molecule has 1 fully saturated rings. The van der Waals surface area contributed by atoms with Crippen LogP contribution in [-0.2, 0) is 4.74 Å². The number of hydrogen-bond acceptors (Lipinski definition) is 2. The topological polar surface area (TPSA) is 12.5 Å². The summed E-state index contributed by atoms with van der Waals surface area (Å²) in [5, 5.41) is 0. The van der Waals surface area contributed by atoms with Crippen LogP contribution >= 0.6 is 0 Å². The highest BCUT2D eigenvalue weighted by molar-refractivity contribution is 4.74. The quantitative estimate of drug-likeness (QED) is 0.422. The highest BCUT2D eigenvalue weighted by Gasteiger charge is 2.20. The van der Waals surface area contributed by atoms with E-state index in [-0.39, 0.29) is 0 Å². The zero-order valence-corrected chi connectivity index (χ0v) is 14.7. The van der Waals surface area contributed by atoms with E-state index in [1.807, 2.05) is 0 Å². The molecule has 1 atom stereocenters. The third-order valence-electron chi connectivity index (χ3n) is 4.84. The number of rotatable bonds is 13. The summed E-state index contributed by atoms with van der Waals surface area (Å²) >= 11 is 0. The summed E-state index contributed by atoms with van der Waals surface area (Å²) in [6.07, 6.45) is 17.0. The van der Waals surface area contributed by atoms with Gasteiger partial charge in [-0.25, -0.2) is 0 Å². The van der Waals surface area contributed by atoms with Crippen molar-refractivity contribution in [3.8, 4) is 0 Å². The highest BCUT2D eigenvalue weighted by atomic mass is 16.5. The molecule has 1 saturated heterocycles. The molecule has 126 valence electrons. The average Bonchev–Trinajstić information content (AvgIpc) is 2.53. The lowest BCUT2D eigenvalue weighted by Gasteiger charge is -2.34. The maximum atomic E-state index is 5.52.